The van der Waals surface area contributed by atoms with Crippen molar-refractivity contribution >= 4 is 0 Å². The number of aryl methyl sites for hydroxylation is 2. The average Bonchev–Trinajstić information content (AvgIpc) is 2.52. The number of ether oxygens (including phenoxy) is 1. The summed E-state index contributed by atoms with van der Waals surface area (Å²) in [6, 6.07) is 9.39. The molecule has 0 aliphatic carbocycles. The van der Waals surface area contributed by atoms with Crippen molar-refractivity contribution in [3.63, 3.8) is 0 Å². The predicted octanol–water partition coefficient (Wildman–Crippen LogP) is 3.02. The van der Waals surface area contributed by atoms with Crippen molar-refractivity contribution in [1.29, 1.82) is 0 Å². The lowest BCUT2D eigenvalue weighted by Gasteiger charge is -2.41. The molecule has 1 N–H and O–H groups in total. The van der Waals surface area contributed by atoms with Gasteiger partial charge in [-0.05, 0) is 46.1 Å². The van der Waals surface area contributed by atoms with Crippen molar-refractivity contribution in [2.45, 2.75) is 52.1 Å². The molecule has 0 saturated carbocycles. The van der Waals surface area contributed by atoms with Crippen LogP contribution in [0.15, 0.2) is 24.3 Å². The van der Waals surface area contributed by atoms with Gasteiger partial charge >= 0.3 is 0 Å². The van der Waals surface area contributed by atoms with E-state index in [1.165, 1.54) is 17.5 Å². The van der Waals surface area contributed by atoms with Crippen molar-refractivity contribution in [3.8, 4) is 0 Å². The van der Waals surface area contributed by atoms with Gasteiger partial charge in [-0.1, -0.05) is 29.8 Å². The highest BCUT2D eigenvalue weighted by Crippen LogP contribution is 2.16. The molecule has 1 aromatic carbocycles. The summed E-state index contributed by atoms with van der Waals surface area (Å²) < 4.78 is 5.46. The molecule has 0 bridgehead atoms. The monoisotopic (exact) mass is 304 g/mol. The van der Waals surface area contributed by atoms with Gasteiger partial charge in [-0.15, -0.1) is 0 Å². The van der Waals surface area contributed by atoms with E-state index in [4.69, 9.17) is 4.74 Å². The summed E-state index contributed by atoms with van der Waals surface area (Å²) in [6.45, 7) is 14.0. The molecule has 1 aliphatic heterocycles. The van der Waals surface area contributed by atoms with Gasteiger partial charge in [0.2, 0.25) is 0 Å². The van der Waals surface area contributed by atoms with Crippen molar-refractivity contribution in [1.82, 2.24) is 10.2 Å². The Morgan fingerprint density at radius 2 is 2.00 bits per heavy atom. The molecule has 1 unspecified atom stereocenters. The van der Waals surface area contributed by atoms with E-state index >= 15 is 0 Å². The summed E-state index contributed by atoms with van der Waals surface area (Å²) in [4.78, 5) is 2.54. The summed E-state index contributed by atoms with van der Waals surface area (Å²) in [5.74, 6) is 0. The number of hydrogen-bond acceptors (Lipinski definition) is 3. The van der Waals surface area contributed by atoms with E-state index in [0.717, 1.165) is 39.3 Å². The van der Waals surface area contributed by atoms with Crippen molar-refractivity contribution in [2.75, 3.05) is 32.8 Å². The quantitative estimate of drug-likeness (QED) is 0.838. The highest BCUT2D eigenvalue weighted by atomic mass is 16.5. The van der Waals surface area contributed by atoms with Gasteiger partial charge in [0.05, 0.1) is 13.2 Å². The standard InChI is InChI=1S/C19H32N2O/c1-16-6-5-7-18(14-16)9-8-17(2)20-15-19(3,4)21-10-12-22-13-11-21/h5-7,14,17,20H,8-13,15H2,1-4H3. The highest BCUT2D eigenvalue weighted by Gasteiger charge is 2.28. The van der Waals surface area contributed by atoms with Crippen molar-refractivity contribution < 1.29 is 4.74 Å². The summed E-state index contributed by atoms with van der Waals surface area (Å²) in [5, 5.41) is 3.72. The van der Waals surface area contributed by atoms with Crippen LogP contribution < -0.4 is 5.32 Å². The van der Waals surface area contributed by atoms with Gasteiger partial charge in [0.15, 0.2) is 0 Å². The van der Waals surface area contributed by atoms with Crippen LogP contribution >= 0.6 is 0 Å². The van der Waals surface area contributed by atoms with Crippen LogP contribution in [0.4, 0.5) is 0 Å². The van der Waals surface area contributed by atoms with Gasteiger partial charge in [-0.2, -0.15) is 0 Å². The Balaban J connectivity index is 1.73. The van der Waals surface area contributed by atoms with Gasteiger partial charge in [-0.25, -0.2) is 0 Å². The van der Waals surface area contributed by atoms with Gasteiger partial charge in [0.25, 0.3) is 0 Å². The molecule has 1 heterocycles. The second-order valence-corrected chi connectivity index (χ2v) is 7.22. The third-order valence-corrected chi connectivity index (χ3v) is 4.70. The van der Waals surface area contributed by atoms with Crippen LogP contribution in [0.5, 0.6) is 0 Å². The normalized spacial score (nSPS) is 18.4. The Morgan fingerprint density at radius 1 is 1.27 bits per heavy atom. The van der Waals surface area contributed by atoms with Gasteiger partial charge < -0.3 is 10.1 Å². The first kappa shape index (κ1) is 17.5. The maximum Gasteiger partial charge on any atom is 0.0594 e. The molecule has 124 valence electrons. The molecule has 2 rings (SSSR count). The fraction of sp³-hybridized carbons (Fsp3) is 0.684. The van der Waals surface area contributed by atoms with Crippen LogP contribution in [0.1, 0.15) is 38.3 Å². The number of nitrogens with one attached hydrogen (secondary N) is 1. The number of morpholine rings is 1. The topological polar surface area (TPSA) is 24.5 Å². The largest absolute Gasteiger partial charge is 0.379 e. The fourth-order valence-corrected chi connectivity index (χ4v) is 3.06. The molecule has 0 radical (unpaired) electrons. The summed E-state index contributed by atoms with van der Waals surface area (Å²) in [7, 11) is 0. The minimum absolute atomic E-state index is 0.196. The number of rotatable bonds is 7. The molecular weight excluding hydrogens is 272 g/mol. The Kier molecular flexibility index (Phi) is 6.42. The summed E-state index contributed by atoms with van der Waals surface area (Å²) in [5.41, 5.74) is 2.99. The van der Waals surface area contributed by atoms with Crippen molar-refractivity contribution in [3.05, 3.63) is 35.4 Å². The Bertz CT molecular complexity index is 453. The lowest BCUT2D eigenvalue weighted by Crippen LogP contribution is -2.55. The minimum Gasteiger partial charge on any atom is -0.379 e. The predicted molar refractivity (Wildman–Crippen MR) is 93.4 cm³/mol. The number of benzene rings is 1. The first-order valence-electron chi connectivity index (χ1n) is 8.59. The first-order valence-corrected chi connectivity index (χ1v) is 8.59. The van der Waals surface area contributed by atoms with E-state index in [0.29, 0.717) is 6.04 Å². The first-order chi connectivity index (χ1) is 10.5. The molecule has 1 aliphatic rings. The van der Waals surface area contributed by atoms with Crippen LogP contribution in [0, 0.1) is 6.92 Å². The maximum atomic E-state index is 5.46. The third-order valence-electron chi connectivity index (χ3n) is 4.70. The van der Waals surface area contributed by atoms with E-state index in [9.17, 15) is 0 Å². The number of hydrogen-bond donors (Lipinski definition) is 1. The maximum absolute atomic E-state index is 5.46. The SMILES string of the molecule is Cc1cccc(CCC(C)NCC(C)(C)N2CCOCC2)c1. The lowest BCUT2D eigenvalue weighted by molar-refractivity contribution is -0.0103. The molecule has 3 nitrogen and oxygen atoms in total. The molecule has 0 spiro atoms. The van der Waals surface area contributed by atoms with Gasteiger partial charge in [-0.3, -0.25) is 4.90 Å². The molecule has 22 heavy (non-hydrogen) atoms. The molecule has 3 heteroatoms. The van der Waals surface area contributed by atoms with E-state index in [2.05, 4.69) is 62.2 Å². The summed E-state index contributed by atoms with van der Waals surface area (Å²) in [6.07, 6.45) is 2.33. The molecule has 1 saturated heterocycles. The number of nitrogens with zero attached hydrogens (tertiary/aromatic N) is 1. The Morgan fingerprint density at radius 3 is 2.68 bits per heavy atom. The van der Waals surface area contributed by atoms with E-state index < -0.39 is 0 Å². The van der Waals surface area contributed by atoms with Crippen LogP contribution in [0.2, 0.25) is 0 Å². The van der Waals surface area contributed by atoms with E-state index in [1.807, 2.05) is 0 Å². The second kappa shape index (κ2) is 8.09. The lowest BCUT2D eigenvalue weighted by atomic mass is 10.00. The van der Waals surface area contributed by atoms with Crippen LogP contribution in [0.25, 0.3) is 0 Å². The van der Waals surface area contributed by atoms with Crippen LogP contribution in [0.3, 0.4) is 0 Å². The van der Waals surface area contributed by atoms with Gasteiger partial charge in [0, 0.05) is 31.2 Å². The molecular formula is C19H32N2O. The average molecular weight is 304 g/mol. The highest BCUT2D eigenvalue weighted by molar-refractivity contribution is 5.22. The molecule has 1 fully saturated rings. The third kappa shape index (κ3) is 5.38. The van der Waals surface area contributed by atoms with Crippen LogP contribution in [-0.2, 0) is 11.2 Å². The summed E-state index contributed by atoms with van der Waals surface area (Å²) >= 11 is 0. The van der Waals surface area contributed by atoms with Crippen molar-refractivity contribution in [2.24, 2.45) is 0 Å². The zero-order valence-corrected chi connectivity index (χ0v) is 14.7. The fourth-order valence-electron chi connectivity index (χ4n) is 3.06. The Labute approximate surface area is 136 Å². The molecule has 1 aromatic rings. The Hall–Kier alpha value is -0.900. The van der Waals surface area contributed by atoms with E-state index in [-0.39, 0.29) is 5.54 Å². The molecule has 1 atom stereocenters. The zero-order chi connectivity index (χ0) is 16.0. The minimum atomic E-state index is 0.196. The van der Waals surface area contributed by atoms with E-state index in [1.54, 1.807) is 0 Å². The molecule has 0 aromatic heterocycles. The van der Waals surface area contributed by atoms with Gasteiger partial charge in [0.1, 0.15) is 0 Å². The second-order valence-electron chi connectivity index (χ2n) is 7.22. The molecule has 0 amide bonds. The van der Waals surface area contributed by atoms with Crippen LogP contribution in [-0.4, -0.2) is 49.3 Å². The smallest absolute Gasteiger partial charge is 0.0594 e. The zero-order valence-electron chi connectivity index (χ0n) is 14.7.